The van der Waals surface area contributed by atoms with E-state index in [1.165, 1.54) is 12.1 Å². The Balaban J connectivity index is 3.09. The molecule has 0 amide bonds. The fourth-order valence-corrected chi connectivity index (χ4v) is 2.34. The van der Waals surface area contributed by atoms with Gasteiger partial charge in [-0.3, -0.25) is 4.79 Å². The molecule has 1 aromatic carbocycles. The molecule has 23 heavy (non-hydrogen) atoms. The number of rotatable bonds is 8. The van der Waals surface area contributed by atoms with Crippen molar-refractivity contribution in [2.24, 2.45) is 11.8 Å². The molecule has 0 saturated heterocycles. The van der Waals surface area contributed by atoms with Crippen molar-refractivity contribution in [3.05, 3.63) is 29.8 Å². The van der Waals surface area contributed by atoms with E-state index in [0.717, 1.165) is 7.11 Å². The van der Waals surface area contributed by atoms with E-state index in [9.17, 15) is 18.7 Å². The standard InChI is InChI=1S/C17H24F2O4/c1-5-17(21,14(15(18)19)16(20)22-4)12-6-8-13(9-7-12)23-10-11(2)3/h6-9,11,14-15,21H,5,10H2,1-4H3. The van der Waals surface area contributed by atoms with E-state index in [1.54, 1.807) is 19.1 Å². The molecule has 4 nitrogen and oxygen atoms in total. The Kier molecular flexibility index (Phi) is 6.94. The van der Waals surface area contributed by atoms with Gasteiger partial charge < -0.3 is 14.6 Å². The summed E-state index contributed by atoms with van der Waals surface area (Å²) in [5.74, 6) is -2.15. The Labute approximate surface area is 135 Å². The van der Waals surface area contributed by atoms with Crippen LogP contribution in [0.3, 0.4) is 0 Å². The number of ether oxygens (including phenoxy) is 2. The van der Waals surface area contributed by atoms with E-state index in [-0.39, 0.29) is 12.0 Å². The van der Waals surface area contributed by atoms with E-state index in [2.05, 4.69) is 4.74 Å². The summed E-state index contributed by atoms with van der Waals surface area (Å²) < 4.78 is 36.6. The Bertz CT molecular complexity index is 502. The van der Waals surface area contributed by atoms with Gasteiger partial charge in [-0.15, -0.1) is 0 Å². The summed E-state index contributed by atoms with van der Waals surface area (Å²) in [6.45, 7) is 6.09. The molecule has 0 saturated carbocycles. The zero-order valence-corrected chi connectivity index (χ0v) is 13.9. The number of esters is 1. The molecule has 1 aromatic rings. The molecule has 0 bridgehead atoms. The maximum atomic E-state index is 13.3. The third kappa shape index (κ3) is 4.64. The lowest BCUT2D eigenvalue weighted by molar-refractivity contribution is -0.170. The van der Waals surface area contributed by atoms with Crippen LogP contribution in [-0.4, -0.2) is 31.2 Å². The van der Waals surface area contributed by atoms with Gasteiger partial charge in [0.2, 0.25) is 0 Å². The molecule has 2 atom stereocenters. The fourth-order valence-electron chi connectivity index (χ4n) is 2.34. The molecule has 0 heterocycles. The third-order valence-corrected chi connectivity index (χ3v) is 3.70. The molecule has 6 heteroatoms. The zero-order chi connectivity index (χ0) is 17.6. The predicted octanol–water partition coefficient (Wildman–Crippen LogP) is 3.37. The van der Waals surface area contributed by atoms with Crippen molar-refractivity contribution in [3.8, 4) is 5.75 Å². The molecule has 130 valence electrons. The van der Waals surface area contributed by atoms with Crippen LogP contribution in [0.1, 0.15) is 32.8 Å². The summed E-state index contributed by atoms with van der Waals surface area (Å²) in [4.78, 5) is 11.7. The molecular formula is C17H24F2O4. The first-order chi connectivity index (χ1) is 10.8. The van der Waals surface area contributed by atoms with Crippen molar-refractivity contribution >= 4 is 5.97 Å². The Morgan fingerprint density at radius 3 is 2.22 bits per heavy atom. The Morgan fingerprint density at radius 2 is 1.83 bits per heavy atom. The van der Waals surface area contributed by atoms with E-state index < -0.39 is 23.9 Å². The second-order valence-electron chi connectivity index (χ2n) is 5.84. The van der Waals surface area contributed by atoms with Gasteiger partial charge in [-0.1, -0.05) is 32.9 Å². The number of hydrogen-bond donors (Lipinski definition) is 1. The highest BCUT2D eigenvalue weighted by Crippen LogP contribution is 2.38. The fraction of sp³-hybridized carbons (Fsp3) is 0.588. The number of alkyl halides is 2. The van der Waals surface area contributed by atoms with E-state index >= 15 is 0 Å². The minimum absolute atomic E-state index is 0.0523. The van der Waals surface area contributed by atoms with Gasteiger partial charge >= 0.3 is 5.97 Å². The first-order valence-corrected chi connectivity index (χ1v) is 7.57. The van der Waals surface area contributed by atoms with Crippen molar-refractivity contribution in [1.29, 1.82) is 0 Å². The molecule has 0 aliphatic heterocycles. The molecule has 0 radical (unpaired) electrons. The molecule has 2 unspecified atom stereocenters. The minimum Gasteiger partial charge on any atom is -0.493 e. The van der Waals surface area contributed by atoms with Crippen molar-refractivity contribution in [2.75, 3.05) is 13.7 Å². The second-order valence-corrected chi connectivity index (χ2v) is 5.84. The van der Waals surface area contributed by atoms with Crippen LogP contribution >= 0.6 is 0 Å². The third-order valence-electron chi connectivity index (χ3n) is 3.70. The second kappa shape index (κ2) is 8.24. The summed E-state index contributed by atoms with van der Waals surface area (Å²) in [6.07, 6.45) is -3.09. The summed E-state index contributed by atoms with van der Waals surface area (Å²) in [5, 5.41) is 10.7. The predicted molar refractivity (Wildman–Crippen MR) is 82.5 cm³/mol. The lowest BCUT2D eigenvalue weighted by atomic mass is 9.79. The van der Waals surface area contributed by atoms with Crippen LogP contribution in [-0.2, 0) is 15.1 Å². The van der Waals surface area contributed by atoms with Crippen molar-refractivity contribution < 1.29 is 28.2 Å². The highest BCUT2D eigenvalue weighted by molar-refractivity contribution is 5.74. The first kappa shape index (κ1) is 19.4. The normalized spacial score (nSPS) is 15.3. The number of aliphatic hydroxyl groups is 1. The maximum absolute atomic E-state index is 13.3. The SMILES string of the molecule is CCC(O)(c1ccc(OCC(C)C)cc1)C(C(=O)OC)C(F)F. The van der Waals surface area contributed by atoms with E-state index in [1.807, 2.05) is 13.8 Å². The van der Waals surface area contributed by atoms with Crippen LogP contribution in [0.2, 0.25) is 0 Å². The number of methoxy groups -OCH3 is 1. The molecule has 0 aliphatic rings. The summed E-state index contributed by atoms with van der Waals surface area (Å²) in [5.41, 5.74) is -1.77. The lowest BCUT2D eigenvalue weighted by Crippen LogP contribution is -2.44. The molecule has 0 aromatic heterocycles. The van der Waals surface area contributed by atoms with Crippen molar-refractivity contribution in [3.63, 3.8) is 0 Å². The van der Waals surface area contributed by atoms with Gasteiger partial charge in [-0.05, 0) is 30.0 Å². The van der Waals surface area contributed by atoms with Crippen molar-refractivity contribution in [1.82, 2.24) is 0 Å². The minimum atomic E-state index is -3.04. The molecular weight excluding hydrogens is 306 g/mol. The molecule has 1 rings (SSSR count). The Morgan fingerprint density at radius 1 is 1.26 bits per heavy atom. The average Bonchev–Trinajstić information content (AvgIpc) is 2.52. The topological polar surface area (TPSA) is 55.8 Å². The molecule has 1 N–H and O–H groups in total. The van der Waals surface area contributed by atoms with E-state index in [4.69, 9.17) is 4.74 Å². The largest absolute Gasteiger partial charge is 0.493 e. The summed E-state index contributed by atoms with van der Waals surface area (Å²) >= 11 is 0. The number of hydrogen-bond acceptors (Lipinski definition) is 4. The van der Waals surface area contributed by atoms with Crippen LogP contribution in [0, 0.1) is 11.8 Å². The highest BCUT2D eigenvalue weighted by atomic mass is 19.3. The lowest BCUT2D eigenvalue weighted by Gasteiger charge is -2.33. The van der Waals surface area contributed by atoms with Crippen molar-refractivity contribution in [2.45, 2.75) is 39.2 Å². The quantitative estimate of drug-likeness (QED) is 0.743. The highest BCUT2D eigenvalue weighted by Gasteiger charge is 2.48. The first-order valence-electron chi connectivity index (χ1n) is 7.57. The van der Waals surface area contributed by atoms with Crippen LogP contribution in [0.4, 0.5) is 8.78 Å². The van der Waals surface area contributed by atoms with E-state index in [0.29, 0.717) is 18.3 Å². The molecule has 0 aliphatic carbocycles. The van der Waals surface area contributed by atoms with Crippen LogP contribution in [0.25, 0.3) is 0 Å². The number of carbonyl (C=O) groups is 1. The summed E-state index contributed by atoms with van der Waals surface area (Å²) in [7, 11) is 1.02. The maximum Gasteiger partial charge on any atom is 0.317 e. The van der Waals surface area contributed by atoms with Gasteiger partial charge in [0.1, 0.15) is 11.4 Å². The van der Waals surface area contributed by atoms with Gasteiger partial charge in [-0.2, -0.15) is 0 Å². The van der Waals surface area contributed by atoms with Gasteiger partial charge in [0.25, 0.3) is 6.43 Å². The molecule has 0 fully saturated rings. The van der Waals surface area contributed by atoms with Gasteiger partial charge in [-0.25, -0.2) is 8.78 Å². The van der Waals surface area contributed by atoms with Gasteiger partial charge in [0.15, 0.2) is 5.92 Å². The van der Waals surface area contributed by atoms with Gasteiger partial charge in [0.05, 0.1) is 13.7 Å². The monoisotopic (exact) mass is 330 g/mol. The molecule has 0 spiro atoms. The number of carbonyl (C=O) groups excluding carboxylic acids is 1. The van der Waals surface area contributed by atoms with Crippen LogP contribution < -0.4 is 4.74 Å². The van der Waals surface area contributed by atoms with Crippen LogP contribution in [0.15, 0.2) is 24.3 Å². The van der Waals surface area contributed by atoms with Crippen LogP contribution in [0.5, 0.6) is 5.75 Å². The number of halogens is 2. The smallest absolute Gasteiger partial charge is 0.317 e. The Hall–Kier alpha value is -1.69. The van der Waals surface area contributed by atoms with Gasteiger partial charge in [0, 0.05) is 0 Å². The number of benzene rings is 1. The average molecular weight is 330 g/mol. The summed E-state index contributed by atoms with van der Waals surface area (Å²) in [6, 6.07) is 6.19. The zero-order valence-electron chi connectivity index (χ0n) is 13.9.